The maximum absolute atomic E-state index is 5.45. The summed E-state index contributed by atoms with van der Waals surface area (Å²) in [5.74, 6) is 1.52. The highest BCUT2D eigenvalue weighted by molar-refractivity contribution is 7.07. The fraction of sp³-hybridized carbons (Fsp3) is 0.238. The summed E-state index contributed by atoms with van der Waals surface area (Å²) in [6.07, 6.45) is 1.83. The van der Waals surface area contributed by atoms with Crippen LogP contribution in [-0.2, 0) is 0 Å². The van der Waals surface area contributed by atoms with Crippen molar-refractivity contribution in [2.75, 3.05) is 13.3 Å². The number of fused-ring (bicyclic) bond motifs is 1. The lowest BCUT2D eigenvalue weighted by Gasteiger charge is -2.06. The van der Waals surface area contributed by atoms with Crippen LogP contribution in [0.4, 0.5) is 0 Å². The lowest BCUT2D eigenvalue weighted by Crippen LogP contribution is -2.12. The average molecular weight is 379 g/mol. The molecule has 27 heavy (non-hydrogen) atoms. The van der Waals surface area contributed by atoms with Crippen molar-refractivity contribution in [1.29, 1.82) is 0 Å². The molecule has 6 heteroatoms. The number of aromatic nitrogens is 1. The fourth-order valence-corrected chi connectivity index (χ4v) is 3.77. The predicted molar refractivity (Wildman–Crippen MR) is 109 cm³/mol. The van der Waals surface area contributed by atoms with E-state index in [1.54, 1.807) is 11.3 Å². The Morgan fingerprint density at radius 2 is 1.93 bits per heavy atom. The molecule has 4 rings (SSSR count). The van der Waals surface area contributed by atoms with Crippen LogP contribution in [0.1, 0.15) is 23.6 Å². The molecule has 0 amide bonds. The van der Waals surface area contributed by atoms with Crippen molar-refractivity contribution < 1.29 is 9.47 Å². The molecule has 0 saturated carbocycles. The van der Waals surface area contributed by atoms with E-state index in [4.69, 9.17) is 14.6 Å². The first kappa shape index (κ1) is 17.5. The Morgan fingerprint density at radius 3 is 2.74 bits per heavy atom. The standard InChI is InChI=1S/C21H21N3O2S/c1-4-22-21-24(18(12-27-21)17-7-5-14(2)15(3)9-17)23-11-16-6-8-19-20(10-16)26-13-25-19/h5-12H,4,13H2,1-3H3. The molecule has 0 N–H and O–H groups in total. The third-order valence-corrected chi connectivity index (χ3v) is 5.35. The van der Waals surface area contributed by atoms with Crippen molar-refractivity contribution >= 4 is 17.6 Å². The quantitative estimate of drug-likeness (QED) is 0.632. The molecular formula is C21H21N3O2S. The smallest absolute Gasteiger partial charge is 0.231 e. The van der Waals surface area contributed by atoms with Gasteiger partial charge in [0.25, 0.3) is 0 Å². The monoisotopic (exact) mass is 379 g/mol. The Balaban J connectivity index is 1.75. The first-order valence-corrected chi connectivity index (χ1v) is 9.76. The molecule has 0 spiro atoms. The normalized spacial score (nSPS) is 13.7. The predicted octanol–water partition coefficient (Wildman–Crippen LogP) is 4.36. The molecule has 0 unspecified atom stereocenters. The molecule has 0 radical (unpaired) electrons. The second-order valence-electron chi connectivity index (χ2n) is 6.35. The summed E-state index contributed by atoms with van der Waals surface area (Å²) in [5, 5.41) is 6.83. The first-order valence-electron chi connectivity index (χ1n) is 8.88. The lowest BCUT2D eigenvalue weighted by molar-refractivity contribution is 0.174. The molecule has 0 saturated heterocycles. The van der Waals surface area contributed by atoms with Gasteiger partial charge in [-0.15, -0.1) is 11.3 Å². The summed E-state index contributed by atoms with van der Waals surface area (Å²) in [6.45, 7) is 7.26. The van der Waals surface area contributed by atoms with E-state index in [1.165, 1.54) is 11.1 Å². The van der Waals surface area contributed by atoms with Gasteiger partial charge >= 0.3 is 0 Å². The summed E-state index contributed by atoms with van der Waals surface area (Å²) in [6, 6.07) is 12.3. The topological polar surface area (TPSA) is 48.1 Å². The molecule has 138 valence electrons. The van der Waals surface area contributed by atoms with Gasteiger partial charge in [0, 0.05) is 17.5 Å². The van der Waals surface area contributed by atoms with E-state index in [9.17, 15) is 0 Å². The van der Waals surface area contributed by atoms with Crippen LogP contribution in [0.2, 0.25) is 0 Å². The highest BCUT2D eigenvalue weighted by Crippen LogP contribution is 2.32. The number of benzene rings is 2. The largest absolute Gasteiger partial charge is 0.454 e. The van der Waals surface area contributed by atoms with Crippen LogP contribution < -0.4 is 14.3 Å². The molecule has 2 aromatic carbocycles. The highest BCUT2D eigenvalue weighted by Gasteiger charge is 2.13. The van der Waals surface area contributed by atoms with E-state index in [-0.39, 0.29) is 6.79 Å². The van der Waals surface area contributed by atoms with Crippen LogP contribution in [-0.4, -0.2) is 24.2 Å². The SMILES string of the molecule is CCN=c1scc(-c2ccc(C)c(C)c2)n1N=Cc1ccc2c(c1)OCO2. The zero-order valence-corrected chi connectivity index (χ0v) is 16.4. The number of hydrogen-bond donors (Lipinski definition) is 0. The van der Waals surface area contributed by atoms with Gasteiger partial charge in [-0.3, -0.25) is 4.99 Å². The van der Waals surface area contributed by atoms with Crippen LogP contribution in [0, 0.1) is 13.8 Å². The Hall–Kier alpha value is -2.86. The van der Waals surface area contributed by atoms with Crippen molar-refractivity contribution in [2.24, 2.45) is 10.1 Å². The van der Waals surface area contributed by atoms with Crippen molar-refractivity contribution in [3.63, 3.8) is 0 Å². The molecule has 0 atom stereocenters. The third-order valence-electron chi connectivity index (χ3n) is 4.50. The lowest BCUT2D eigenvalue weighted by atomic mass is 10.1. The minimum absolute atomic E-state index is 0.270. The van der Waals surface area contributed by atoms with Crippen molar-refractivity contribution in [1.82, 2.24) is 4.68 Å². The molecule has 2 heterocycles. The van der Waals surface area contributed by atoms with E-state index in [1.807, 2.05) is 36.0 Å². The molecule has 1 aromatic heterocycles. The zero-order valence-electron chi connectivity index (χ0n) is 15.6. The molecule has 1 aliphatic rings. The van der Waals surface area contributed by atoms with Gasteiger partial charge in [-0.25, -0.2) is 4.68 Å². The van der Waals surface area contributed by atoms with Gasteiger partial charge in [0.1, 0.15) is 0 Å². The molecule has 0 bridgehead atoms. The van der Waals surface area contributed by atoms with Gasteiger partial charge in [-0.05, 0) is 61.7 Å². The summed E-state index contributed by atoms with van der Waals surface area (Å²) in [5.41, 5.74) is 5.66. The summed E-state index contributed by atoms with van der Waals surface area (Å²) >= 11 is 1.60. The second-order valence-corrected chi connectivity index (χ2v) is 7.18. The zero-order chi connectivity index (χ0) is 18.8. The Labute approximate surface area is 162 Å². The van der Waals surface area contributed by atoms with E-state index in [0.29, 0.717) is 6.54 Å². The van der Waals surface area contributed by atoms with Gasteiger partial charge in [0.2, 0.25) is 11.6 Å². The van der Waals surface area contributed by atoms with Gasteiger partial charge in [-0.1, -0.05) is 12.1 Å². The summed E-state index contributed by atoms with van der Waals surface area (Å²) in [4.78, 5) is 5.46. The summed E-state index contributed by atoms with van der Waals surface area (Å²) in [7, 11) is 0. The second kappa shape index (κ2) is 7.40. The van der Waals surface area contributed by atoms with Crippen LogP contribution in [0.25, 0.3) is 11.3 Å². The van der Waals surface area contributed by atoms with E-state index in [2.05, 4.69) is 42.4 Å². The number of ether oxygens (including phenoxy) is 2. The van der Waals surface area contributed by atoms with E-state index in [0.717, 1.165) is 33.1 Å². The third kappa shape index (κ3) is 3.53. The van der Waals surface area contributed by atoms with Crippen LogP contribution in [0.15, 0.2) is 51.9 Å². The van der Waals surface area contributed by atoms with Gasteiger partial charge in [-0.2, -0.15) is 5.10 Å². The number of hydrogen-bond acceptors (Lipinski definition) is 5. The van der Waals surface area contributed by atoms with Crippen molar-refractivity contribution in [3.8, 4) is 22.8 Å². The average Bonchev–Trinajstić information content (AvgIpc) is 3.29. The molecular weight excluding hydrogens is 358 g/mol. The maximum atomic E-state index is 5.45. The molecule has 3 aromatic rings. The van der Waals surface area contributed by atoms with Crippen molar-refractivity contribution in [2.45, 2.75) is 20.8 Å². The Morgan fingerprint density at radius 1 is 1.07 bits per heavy atom. The Bertz CT molecular complexity index is 1080. The van der Waals surface area contributed by atoms with E-state index < -0.39 is 0 Å². The van der Waals surface area contributed by atoms with Crippen LogP contribution >= 0.6 is 11.3 Å². The van der Waals surface area contributed by atoms with Gasteiger partial charge in [0.05, 0.1) is 11.9 Å². The molecule has 0 aliphatic carbocycles. The van der Waals surface area contributed by atoms with Gasteiger partial charge in [0.15, 0.2) is 11.5 Å². The molecule has 1 aliphatic heterocycles. The number of nitrogens with zero attached hydrogens (tertiary/aromatic N) is 3. The van der Waals surface area contributed by atoms with Gasteiger partial charge < -0.3 is 9.47 Å². The van der Waals surface area contributed by atoms with Crippen molar-refractivity contribution in [3.05, 3.63) is 63.3 Å². The number of aryl methyl sites for hydroxylation is 2. The first-order chi connectivity index (χ1) is 13.2. The molecule has 0 fully saturated rings. The van der Waals surface area contributed by atoms with Crippen LogP contribution in [0.3, 0.4) is 0 Å². The number of rotatable bonds is 4. The maximum Gasteiger partial charge on any atom is 0.231 e. The minimum Gasteiger partial charge on any atom is -0.454 e. The number of thiazole rings is 1. The summed E-state index contributed by atoms with van der Waals surface area (Å²) < 4.78 is 12.7. The highest BCUT2D eigenvalue weighted by atomic mass is 32.1. The van der Waals surface area contributed by atoms with Crippen LogP contribution in [0.5, 0.6) is 11.5 Å². The Kier molecular flexibility index (Phi) is 4.81. The minimum atomic E-state index is 0.270. The fourth-order valence-electron chi connectivity index (χ4n) is 2.87. The molecule has 5 nitrogen and oxygen atoms in total. The van der Waals surface area contributed by atoms with E-state index >= 15 is 0 Å².